The third-order valence-corrected chi connectivity index (χ3v) is 10.7. The third kappa shape index (κ3) is 3.33. The SMILES string of the molecule is COC(=O)c1ccc2c(c1)C(C)(C)C1=[N+]2CC[C@H]2O[C@H]3C[C@H]4CCN5C(=C4C=C3C=C12)C(C)(C)c1cc(C)ccc15. The molecule has 0 aromatic heterocycles. The lowest BCUT2D eigenvalue weighted by Gasteiger charge is -2.44. The van der Waals surface area contributed by atoms with E-state index in [9.17, 15) is 4.79 Å². The number of allylic oxidation sites excluding steroid dienone is 3. The zero-order valence-electron chi connectivity index (χ0n) is 25.0. The van der Waals surface area contributed by atoms with Crippen LogP contribution in [0.4, 0.5) is 11.4 Å². The summed E-state index contributed by atoms with van der Waals surface area (Å²) in [4.78, 5) is 15.0. The highest BCUT2D eigenvalue weighted by molar-refractivity contribution is 6.09. The molecule has 0 amide bonds. The summed E-state index contributed by atoms with van der Waals surface area (Å²) in [6.45, 7) is 13.6. The summed E-state index contributed by atoms with van der Waals surface area (Å²) in [7, 11) is 1.45. The first-order valence-corrected chi connectivity index (χ1v) is 15.2. The van der Waals surface area contributed by atoms with Crippen molar-refractivity contribution >= 4 is 23.1 Å². The number of hydrogen-bond donors (Lipinski definition) is 0. The largest absolute Gasteiger partial charge is 0.465 e. The Bertz CT molecular complexity index is 1680. The Morgan fingerprint density at radius 2 is 1.83 bits per heavy atom. The van der Waals surface area contributed by atoms with Gasteiger partial charge in [-0.1, -0.05) is 37.6 Å². The molecule has 0 saturated heterocycles. The van der Waals surface area contributed by atoms with Gasteiger partial charge in [-0.15, -0.1) is 0 Å². The van der Waals surface area contributed by atoms with Crippen LogP contribution in [0.25, 0.3) is 0 Å². The van der Waals surface area contributed by atoms with Crippen LogP contribution in [0, 0.1) is 12.8 Å². The number of methoxy groups -OCH3 is 1. The van der Waals surface area contributed by atoms with Crippen LogP contribution in [-0.4, -0.2) is 48.7 Å². The van der Waals surface area contributed by atoms with Gasteiger partial charge in [-0.25, -0.2) is 4.79 Å². The standard InChI is InChI=1S/C36H39N2O3/c1-20-7-9-28-26(15-20)35(2,3)32-24-16-23-17-25-30(41-31(23)19-21(24)11-13-37(28)32)12-14-38-29-10-8-22(34(39)40-6)18-27(29)36(4,5)33(25)38/h7-10,15-18,21,30-31H,11-14,19H2,1-6H3/q+1/t21-,30-,31+/m1/s1. The molecule has 0 saturated carbocycles. The predicted octanol–water partition coefficient (Wildman–Crippen LogP) is 6.66. The van der Waals surface area contributed by atoms with Crippen LogP contribution < -0.4 is 4.90 Å². The van der Waals surface area contributed by atoms with Crippen LogP contribution in [0.3, 0.4) is 0 Å². The van der Waals surface area contributed by atoms with Gasteiger partial charge in [-0.2, -0.15) is 4.58 Å². The monoisotopic (exact) mass is 547 g/mol. The summed E-state index contributed by atoms with van der Waals surface area (Å²) in [5, 5.41) is 0. The van der Waals surface area contributed by atoms with Gasteiger partial charge in [0.2, 0.25) is 5.69 Å². The second-order valence-corrected chi connectivity index (χ2v) is 13.8. The number of ether oxygens (including phenoxy) is 2. The van der Waals surface area contributed by atoms with Gasteiger partial charge in [-0.3, -0.25) is 0 Å². The van der Waals surface area contributed by atoms with Crippen LogP contribution in [0.15, 0.2) is 71.0 Å². The fourth-order valence-electron chi connectivity index (χ4n) is 8.81. The number of carbonyl (C=O) groups is 1. The van der Waals surface area contributed by atoms with E-state index in [2.05, 4.69) is 80.5 Å². The van der Waals surface area contributed by atoms with Gasteiger partial charge in [0.25, 0.3) is 0 Å². The summed E-state index contributed by atoms with van der Waals surface area (Å²) in [6.07, 6.45) is 8.44. The van der Waals surface area contributed by atoms with Gasteiger partial charge in [0.1, 0.15) is 0 Å². The van der Waals surface area contributed by atoms with E-state index < -0.39 is 0 Å². The number of rotatable bonds is 1. The van der Waals surface area contributed by atoms with Crippen LogP contribution >= 0.6 is 0 Å². The lowest BCUT2D eigenvalue weighted by molar-refractivity contribution is -0.445. The maximum Gasteiger partial charge on any atom is 0.337 e. The molecule has 5 aliphatic heterocycles. The fourth-order valence-corrected chi connectivity index (χ4v) is 8.81. The summed E-state index contributed by atoms with van der Waals surface area (Å²) in [5.74, 6) is 0.251. The third-order valence-electron chi connectivity index (χ3n) is 10.7. The first-order valence-electron chi connectivity index (χ1n) is 15.2. The number of aryl methyl sites for hydroxylation is 1. The fraction of sp³-hybridized carbons (Fsp3) is 0.444. The van der Waals surface area contributed by atoms with E-state index >= 15 is 0 Å². The lowest BCUT2D eigenvalue weighted by atomic mass is 9.71. The Kier molecular flexibility index (Phi) is 5.13. The van der Waals surface area contributed by atoms with Crippen molar-refractivity contribution in [3.63, 3.8) is 0 Å². The molecule has 2 aromatic rings. The van der Waals surface area contributed by atoms with Gasteiger partial charge in [-0.05, 0) is 80.5 Å². The van der Waals surface area contributed by atoms with Crippen LogP contribution in [0.2, 0.25) is 0 Å². The van der Waals surface area contributed by atoms with E-state index in [1.165, 1.54) is 69.7 Å². The van der Waals surface area contributed by atoms with Crippen molar-refractivity contribution in [2.75, 3.05) is 25.1 Å². The zero-order chi connectivity index (χ0) is 28.4. The highest BCUT2D eigenvalue weighted by atomic mass is 16.5. The van der Waals surface area contributed by atoms with Crippen LogP contribution in [0.5, 0.6) is 0 Å². The van der Waals surface area contributed by atoms with E-state index in [0.717, 1.165) is 25.9 Å². The summed E-state index contributed by atoms with van der Waals surface area (Å²) < 4.78 is 14.5. The van der Waals surface area contributed by atoms with Gasteiger partial charge >= 0.3 is 5.97 Å². The smallest absolute Gasteiger partial charge is 0.337 e. The van der Waals surface area contributed by atoms with E-state index in [1.807, 2.05) is 12.1 Å². The highest BCUT2D eigenvalue weighted by Gasteiger charge is 2.54. The van der Waals surface area contributed by atoms with Crippen molar-refractivity contribution in [1.82, 2.24) is 0 Å². The molecule has 5 heterocycles. The van der Waals surface area contributed by atoms with Gasteiger partial charge in [0.05, 0.1) is 30.3 Å². The molecule has 0 fully saturated rings. The van der Waals surface area contributed by atoms with Crippen LogP contribution in [0.1, 0.15) is 74.0 Å². The van der Waals surface area contributed by atoms with Crippen molar-refractivity contribution < 1.29 is 18.8 Å². The molecular weight excluding hydrogens is 508 g/mol. The molecule has 6 aliphatic rings. The number of fused-ring (bicyclic) bond motifs is 9. The first kappa shape index (κ1) is 25.3. The second-order valence-electron chi connectivity index (χ2n) is 13.8. The van der Waals surface area contributed by atoms with E-state index in [0.29, 0.717) is 11.5 Å². The topological polar surface area (TPSA) is 41.8 Å². The first-order chi connectivity index (χ1) is 19.6. The van der Waals surface area contributed by atoms with E-state index in [4.69, 9.17) is 9.47 Å². The van der Waals surface area contributed by atoms with Crippen molar-refractivity contribution in [3.8, 4) is 0 Å². The summed E-state index contributed by atoms with van der Waals surface area (Å²) >= 11 is 0. The Morgan fingerprint density at radius 1 is 1.00 bits per heavy atom. The molecule has 0 radical (unpaired) electrons. The van der Waals surface area contributed by atoms with E-state index in [1.54, 1.807) is 0 Å². The summed E-state index contributed by atoms with van der Waals surface area (Å²) in [6, 6.07) is 13.0. The molecule has 210 valence electrons. The zero-order valence-corrected chi connectivity index (χ0v) is 25.0. The normalized spacial score (nSPS) is 28.0. The van der Waals surface area contributed by atoms with Crippen LogP contribution in [-0.2, 0) is 20.3 Å². The molecule has 1 aliphatic carbocycles. The maximum absolute atomic E-state index is 12.4. The highest BCUT2D eigenvalue weighted by Crippen LogP contribution is 2.55. The molecule has 5 nitrogen and oxygen atoms in total. The minimum absolute atomic E-state index is 0.0206. The number of carbonyl (C=O) groups excluding carboxylic acids is 1. The Morgan fingerprint density at radius 3 is 2.63 bits per heavy atom. The molecule has 5 heteroatoms. The number of benzene rings is 2. The Hall–Kier alpha value is -3.44. The minimum atomic E-state index is -0.287. The average molecular weight is 548 g/mol. The number of hydrogen-bond acceptors (Lipinski definition) is 4. The summed E-state index contributed by atoms with van der Waals surface area (Å²) in [5.41, 5.74) is 13.8. The van der Waals surface area contributed by atoms with Gasteiger partial charge < -0.3 is 14.4 Å². The molecule has 0 bridgehead atoms. The minimum Gasteiger partial charge on any atom is -0.465 e. The Balaban J connectivity index is 1.25. The van der Waals surface area contributed by atoms with Crippen molar-refractivity contribution in [1.29, 1.82) is 0 Å². The number of esters is 1. The molecular formula is C36H39N2O3+. The lowest BCUT2D eigenvalue weighted by Crippen LogP contribution is -2.46. The predicted molar refractivity (Wildman–Crippen MR) is 161 cm³/mol. The van der Waals surface area contributed by atoms with E-state index in [-0.39, 0.29) is 29.0 Å². The number of anilines is 1. The molecule has 2 aromatic carbocycles. The van der Waals surface area contributed by atoms with Crippen molar-refractivity contribution in [2.45, 2.75) is 76.9 Å². The Labute approximate surface area is 242 Å². The molecule has 0 spiro atoms. The molecule has 8 rings (SSSR count). The van der Waals surface area contributed by atoms with Crippen molar-refractivity contribution in [2.24, 2.45) is 5.92 Å². The molecule has 41 heavy (non-hydrogen) atoms. The number of nitrogens with zero attached hydrogens (tertiary/aromatic N) is 2. The molecule has 0 unspecified atom stereocenters. The quantitative estimate of drug-likeness (QED) is 0.296. The van der Waals surface area contributed by atoms with Gasteiger partial charge in [0.15, 0.2) is 12.3 Å². The van der Waals surface area contributed by atoms with Crippen molar-refractivity contribution in [3.05, 3.63) is 93.2 Å². The molecule has 0 N–H and O–H groups in total. The maximum atomic E-state index is 12.4. The molecule has 3 atom stereocenters. The second kappa shape index (κ2) is 8.32. The van der Waals surface area contributed by atoms with Gasteiger partial charge in [0, 0.05) is 47.0 Å². The average Bonchev–Trinajstić information content (AvgIpc) is 3.33.